The summed E-state index contributed by atoms with van der Waals surface area (Å²) in [4.78, 5) is 0. The lowest BCUT2D eigenvalue weighted by molar-refractivity contribution is -0.253. The molecule has 92 valence electrons. The Morgan fingerprint density at radius 2 is 2.06 bits per heavy atom. The number of alkyl halides is 5. The quantitative estimate of drug-likeness (QED) is 0.462. The molecule has 0 saturated heterocycles. The zero-order valence-electron chi connectivity index (χ0n) is 8.39. The molecule has 0 unspecified atom stereocenters. The molecule has 0 bridgehead atoms. The third-order valence-electron chi connectivity index (χ3n) is 1.64. The van der Waals surface area contributed by atoms with Crippen LogP contribution in [-0.2, 0) is 0 Å². The maximum Gasteiger partial charge on any atom is 0.461 e. The van der Waals surface area contributed by atoms with Gasteiger partial charge in [-0.25, -0.2) is 0 Å². The van der Waals surface area contributed by atoms with Crippen molar-refractivity contribution in [2.45, 2.75) is 12.5 Å². The number of hydrogen-bond acceptors (Lipinski definition) is 1. The van der Waals surface area contributed by atoms with Crippen molar-refractivity contribution in [3.63, 3.8) is 0 Å². The van der Waals surface area contributed by atoms with Crippen LogP contribution >= 0.6 is 11.6 Å². The van der Waals surface area contributed by atoms with Gasteiger partial charge in [0.25, 0.3) is 0 Å². The first-order valence-corrected chi connectivity index (χ1v) is 4.99. The van der Waals surface area contributed by atoms with Gasteiger partial charge in [-0.15, -0.1) is 11.6 Å². The van der Waals surface area contributed by atoms with Crippen molar-refractivity contribution in [2.75, 3.05) is 5.88 Å². The van der Waals surface area contributed by atoms with E-state index in [-0.39, 0.29) is 11.6 Å². The lowest BCUT2D eigenvalue weighted by atomic mass is 10.2. The average Bonchev–Trinajstić information content (AvgIpc) is 2.26. The first-order valence-electron chi connectivity index (χ1n) is 4.45. The van der Waals surface area contributed by atoms with Gasteiger partial charge < -0.3 is 4.74 Å². The average molecular weight is 267 g/mol. The zero-order chi connectivity index (χ0) is 12.9. The fourth-order valence-corrected chi connectivity index (χ4v) is 1.04. The van der Waals surface area contributed by atoms with E-state index in [1.54, 1.807) is 0 Å². The summed E-state index contributed by atoms with van der Waals surface area (Å²) >= 11 is 5.32. The van der Waals surface area contributed by atoms with Crippen LogP contribution in [0.25, 0.3) is 0 Å². The van der Waals surface area contributed by atoms with E-state index in [9.17, 15) is 17.6 Å². The fourth-order valence-electron chi connectivity index (χ4n) is 0.974. The predicted molar refractivity (Wildman–Crippen MR) is 55.6 cm³/mol. The van der Waals surface area contributed by atoms with Crippen molar-refractivity contribution in [1.82, 2.24) is 0 Å². The molecule has 0 N–H and O–H groups in total. The molecule has 0 heterocycles. The molecular weight excluding hydrogens is 260 g/mol. The molecule has 0 amide bonds. The third kappa shape index (κ3) is 4.16. The molecule has 17 heavy (non-hydrogen) atoms. The van der Waals surface area contributed by atoms with Gasteiger partial charge in [0.2, 0.25) is 0 Å². The van der Waals surface area contributed by atoms with E-state index in [0.29, 0.717) is 5.56 Å². The van der Waals surface area contributed by atoms with Gasteiger partial charge in [0, 0.05) is 5.56 Å². The number of ether oxygens (including phenoxy) is 1. The van der Waals surface area contributed by atoms with Gasteiger partial charge in [-0.2, -0.15) is 17.6 Å². The molecule has 1 nitrogen and oxygen atoms in total. The maximum atomic E-state index is 12.6. The Morgan fingerprint density at radius 1 is 1.35 bits per heavy atom. The highest BCUT2D eigenvalue weighted by Gasteiger charge is 2.43. The molecule has 0 aliphatic carbocycles. The van der Waals surface area contributed by atoms with E-state index in [2.05, 4.69) is 16.6 Å². The predicted octanol–water partition coefficient (Wildman–Crippen LogP) is 3.51. The summed E-state index contributed by atoms with van der Waals surface area (Å²) in [6, 6.07) is 5.17. The van der Waals surface area contributed by atoms with Crippen molar-refractivity contribution < 1.29 is 22.3 Å². The van der Waals surface area contributed by atoms with Crippen LogP contribution in [0.1, 0.15) is 5.56 Å². The van der Waals surface area contributed by atoms with Gasteiger partial charge in [0.1, 0.15) is 5.75 Å². The van der Waals surface area contributed by atoms with E-state index < -0.39 is 12.5 Å². The summed E-state index contributed by atoms with van der Waals surface area (Å²) in [5.41, 5.74) is 0.355. The summed E-state index contributed by atoms with van der Waals surface area (Å²) in [5, 5.41) is 0. The zero-order valence-corrected chi connectivity index (χ0v) is 9.15. The number of hydrogen-bond donors (Lipinski definition) is 0. The van der Waals surface area contributed by atoms with Gasteiger partial charge in [0.15, 0.2) is 0 Å². The van der Waals surface area contributed by atoms with Crippen molar-refractivity contribution in [3.8, 4) is 17.6 Å². The first kappa shape index (κ1) is 13.7. The van der Waals surface area contributed by atoms with Crippen LogP contribution in [0.2, 0.25) is 0 Å². The van der Waals surface area contributed by atoms with Gasteiger partial charge in [0.05, 0.1) is 5.88 Å². The van der Waals surface area contributed by atoms with Crippen molar-refractivity contribution in [1.29, 1.82) is 0 Å². The molecule has 0 saturated carbocycles. The Hall–Kier alpha value is -1.41. The molecule has 1 aromatic carbocycles. The minimum Gasteiger partial charge on any atom is -0.428 e. The van der Waals surface area contributed by atoms with Crippen LogP contribution in [0, 0.1) is 11.8 Å². The summed E-state index contributed by atoms with van der Waals surface area (Å²) in [7, 11) is 0. The van der Waals surface area contributed by atoms with Crippen molar-refractivity contribution in [3.05, 3.63) is 29.8 Å². The van der Waals surface area contributed by atoms with Crippen molar-refractivity contribution in [2.24, 2.45) is 0 Å². The van der Waals surface area contributed by atoms with Gasteiger partial charge >= 0.3 is 12.5 Å². The topological polar surface area (TPSA) is 9.23 Å². The Labute approximate surface area is 100 Å². The van der Waals surface area contributed by atoms with E-state index in [1.165, 1.54) is 12.1 Å². The normalized spacial score (nSPS) is 10.9. The van der Waals surface area contributed by atoms with Crippen LogP contribution in [0.4, 0.5) is 17.6 Å². The van der Waals surface area contributed by atoms with E-state index in [1.807, 2.05) is 0 Å². The molecule has 1 aromatic rings. The molecule has 0 fully saturated rings. The van der Waals surface area contributed by atoms with E-state index in [0.717, 1.165) is 12.1 Å². The van der Waals surface area contributed by atoms with Crippen molar-refractivity contribution >= 4 is 11.6 Å². The van der Waals surface area contributed by atoms with Crippen LogP contribution < -0.4 is 4.74 Å². The third-order valence-corrected chi connectivity index (χ3v) is 1.78. The standard InChI is InChI=1S/C11H7ClF4O/c12-6-2-4-8-3-1-5-9(7-8)17-11(15,16)10(13)14/h1,3,5,7,10H,6H2. The Morgan fingerprint density at radius 3 is 2.65 bits per heavy atom. The highest BCUT2D eigenvalue weighted by Crippen LogP contribution is 2.27. The van der Waals surface area contributed by atoms with Crippen LogP contribution in [-0.4, -0.2) is 18.4 Å². The second-order valence-electron chi connectivity index (χ2n) is 2.93. The molecule has 0 aromatic heterocycles. The SMILES string of the molecule is FC(F)C(F)(F)Oc1cccc(C#CCCl)c1. The molecule has 1 rings (SSSR count). The van der Waals surface area contributed by atoms with Gasteiger partial charge in [-0.05, 0) is 18.2 Å². The smallest absolute Gasteiger partial charge is 0.428 e. The fraction of sp³-hybridized carbons (Fsp3) is 0.273. The lowest BCUT2D eigenvalue weighted by Gasteiger charge is -2.16. The van der Waals surface area contributed by atoms with Gasteiger partial charge in [-0.1, -0.05) is 17.9 Å². The van der Waals surface area contributed by atoms with Crippen LogP contribution in [0.5, 0.6) is 5.75 Å². The summed E-state index contributed by atoms with van der Waals surface area (Å²) in [6.07, 6.45) is -8.40. The van der Waals surface area contributed by atoms with Crippen LogP contribution in [0.3, 0.4) is 0 Å². The van der Waals surface area contributed by atoms with E-state index >= 15 is 0 Å². The second kappa shape index (κ2) is 5.78. The Kier molecular flexibility index (Phi) is 4.64. The Bertz CT molecular complexity index is 437. The molecule has 0 aliphatic heterocycles. The monoisotopic (exact) mass is 266 g/mol. The molecule has 0 aliphatic rings. The lowest BCUT2D eigenvalue weighted by Crippen LogP contribution is -2.33. The largest absolute Gasteiger partial charge is 0.461 e. The number of halogens is 5. The first-order chi connectivity index (χ1) is 7.95. The van der Waals surface area contributed by atoms with Crippen LogP contribution in [0.15, 0.2) is 24.3 Å². The summed E-state index contributed by atoms with van der Waals surface area (Å²) < 4.78 is 52.8. The molecule has 0 radical (unpaired) electrons. The highest BCUT2D eigenvalue weighted by molar-refractivity contribution is 6.19. The second-order valence-corrected chi connectivity index (χ2v) is 3.20. The number of benzene rings is 1. The van der Waals surface area contributed by atoms with Gasteiger partial charge in [-0.3, -0.25) is 0 Å². The Balaban J connectivity index is 2.86. The molecule has 6 heteroatoms. The molecule has 0 atom stereocenters. The number of rotatable bonds is 3. The summed E-state index contributed by atoms with van der Waals surface area (Å²) in [5.74, 6) is 4.76. The minimum absolute atomic E-state index is 0.0816. The maximum absolute atomic E-state index is 12.6. The molecular formula is C11H7ClF4O. The highest BCUT2D eigenvalue weighted by atomic mass is 35.5. The molecule has 0 spiro atoms. The van der Waals surface area contributed by atoms with E-state index in [4.69, 9.17) is 11.6 Å². The minimum atomic E-state index is -4.52. The summed E-state index contributed by atoms with van der Waals surface area (Å²) in [6.45, 7) is 0.